The first-order valence-electron chi connectivity index (χ1n) is 8.88. The maximum Gasteiger partial charge on any atom is 0.252 e. The summed E-state index contributed by atoms with van der Waals surface area (Å²) in [7, 11) is 0. The molecule has 7 heteroatoms. The first kappa shape index (κ1) is 20.7. The summed E-state index contributed by atoms with van der Waals surface area (Å²) in [5.41, 5.74) is 1.00. The van der Waals surface area contributed by atoms with E-state index in [0.717, 1.165) is 0 Å². The Morgan fingerprint density at radius 2 is 1.48 bits per heavy atom. The zero-order chi connectivity index (χ0) is 20.6. The molecular weight excluding hydrogens is 411 g/mol. The molecule has 29 heavy (non-hydrogen) atoms. The zero-order valence-corrected chi connectivity index (χ0v) is 16.8. The lowest BCUT2D eigenvalue weighted by molar-refractivity contribution is -0.116. The van der Waals surface area contributed by atoms with E-state index >= 15 is 0 Å². The number of anilines is 1. The van der Waals surface area contributed by atoms with Gasteiger partial charge in [0.1, 0.15) is 11.5 Å². The summed E-state index contributed by atoms with van der Waals surface area (Å²) in [6.07, 6.45) is 0.133. The highest BCUT2D eigenvalue weighted by Crippen LogP contribution is 2.29. The van der Waals surface area contributed by atoms with Gasteiger partial charge in [-0.2, -0.15) is 0 Å². The van der Waals surface area contributed by atoms with Crippen molar-refractivity contribution in [1.82, 2.24) is 5.32 Å². The number of benzene rings is 3. The van der Waals surface area contributed by atoms with E-state index in [0.29, 0.717) is 32.8 Å². The quantitative estimate of drug-likeness (QED) is 0.518. The maximum absolute atomic E-state index is 12.1. The summed E-state index contributed by atoms with van der Waals surface area (Å²) in [6.45, 7) is 0.198. The minimum atomic E-state index is -0.315. The molecule has 0 aliphatic carbocycles. The number of carbonyl (C=O) groups excluding carboxylic acids is 2. The Morgan fingerprint density at radius 3 is 2.17 bits per heavy atom. The molecule has 0 radical (unpaired) electrons. The normalized spacial score (nSPS) is 10.3. The van der Waals surface area contributed by atoms with Gasteiger partial charge in [-0.15, -0.1) is 0 Å². The van der Waals surface area contributed by atoms with Gasteiger partial charge in [0, 0.05) is 18.7 Å². The SMILES string of the molecule is O=C(CCNC(=O)c1ccccc1Cl)Nc1ccc(Oc2ccccc2Cl)cc1. The van der Waals surface area contributed by atoms with E-state index in [1.165, 1.54) is 0 Å². The number of hydrogen-bond acceptors (Lipinski definition) is 3. The second-order valence-electron chi connectivity index (χ2n) is 6.09. The molecule has 3 rings (SSSR count). The Bertz CT molecular complexity index is 1010. The van der Waals surface area contributed by atoms with Crippen LogP contribution in [0.3, 0.4) is 0 Å². The molecular formula is C22H18Cl2N2O3. The smallest absolute Gasteiger partial charge is 0.252 e. The summed E-state index contributed by atoms with van der Waals surface area (Å²) < 4.78 is 5.71. The predicted molar refractivity (Wildman–Crippen MR) is 115 cm³/mol. The average molecular weight is 429 g/mol. The van der Waals surface area contributed by atoms with Crippen LogP contribution in [0.5, 0.6) is 11.5 Å². The van der Waals surface area contributed by atoms with Crippen molar-refractivity contribution in [1.29, 1.82) is 0 Å². The topological polar surface area (TPSA) is 67.4 Å². The number of para-hydroxylation sites is 1. The second-order valence-corrected chi connectivity index (χ2v) is 6.91. The summed E-state index contributed by atoms with van der Waals surface area (Å²) >= 11 is 12.1. The molecule has 3 aromatic rings. The van der Waals surface area contributed by atoms with Crippen molar-refractivity contribution in [3.05, 3.63) is 88.4 Å². The van der Waals surface area contributed by atoms with Crippen LogP contribution in [0.4, 0.5) is 5.69 Å². The number of rotatable bonds is 7. The van der Waals surface area contributed by atoms with Gasteiger partial charge >= 0.3 is 0 Å². The van der Waals surface area contributed by atoms with Crippen molar-refractivity contribution in [3.63, 3.8) is 0 Å². The van der Waals surface area contributed by atoms with Crippen molar-refractivity contribution in [2.45, 2.75) is 6.42 Å². The van der Waals surface area contributed by atoms with Crippen LogP contribution >= 0.6 is 23.2 Å². The predicted octanol–water partition coefficient (Wildman–Crippen LogP) is 5.54. The number of ether oxygens (including phenoxy) is 1. The molecule has 0 unspecified atom stereocenters. The van der Waals surface area contributed by atoms with Gasteiger partial charge in [-0.25, -0.2) is 0 Å². The van der Waals surface area contributed by atoms with Crippen molar-refractivity contribution in [3.8, 4) is 11.5 Å². The molecule has 0 bridgehead atoms. The van der Waals surface area contributed by atoms with E-state index in [1.54, 1.807) is 60.7 Å². The molecule has 2 N–H and O–H groups in total. The van der Waals surface area contributed by atoms with Gasteiger partial charge in [-0.3, -0.25) is 9.59 Å². The van der Waals surface area contributed by atoms with Gasteiger partial charge in [-0.05, 0) is 48.5 Å². The maximum atomic E-state index is 12.1. The van der Waals surface area contributed by atoms with Crippen LogP contribution in [0.1, 0.15) is 16.8 Å². The van der Waals surface area contributed by atoms with Crippen LogP contribution in [0.25, 0.3) is 0 Å². The third-order valence-corrected chi connectivity index (χ3v) is 4.60. The molecule has 0 fully saturated rings. The fourth-order valence-corrected chi connectivity index (χ4v) is 2.91. The number of carbonyl (C=O) groups is 2. The molecule has 0 aliphatic rings. The molecule has 0 aliphatic heterocycles. The van der Waals surface area contributed by atoms with Crippen molar-refractivity contribution in [2.75, 3.05) is 11.9 Å². The number of nitrogens with one attached hydrogen (secondary N) is 2. The monoisotopic (exact) mass is 428 g/mol. The Hall–Kier alpha value is -3.02. The molecule has 0 saturated heterocycles. The molecule has 0 spiro atoms. The van der Waals surface area contributed by atoms with E-state index in [4.69, 9.17) is 27.9 Å². The molecule has 0 atom stereocenters. The first-order chi connectivity index (χ1) is 14.0. The van der Waals surface area contributed by atoms with Gasteiger partial charge < -0.3 is 15.4 Å². The summed E-state index contributed by atoms with van der Waals surface area (Å²) in [5, 5.41) is 6.34. The highest BCUT2D eigenvalue weighted by Gasteiger charge is 2.10. The van der Waals surface area contributed by atoms with E-state index in [1.807, 2.05) is 12.1 Å². The first-order valence-corrected chi connectivity index (χ1v) is 9.63. The molecule has 0 saturated carbocycles. The lowest BCUT2D eigenvalue weighted by Gasteiger charge is -2.10. The van der Waals surface area contributed by atoms with Crippen LogP contribution in [0.15, 0.2) is 72.8 Å². The Balaban J connectivity index is 1.46. The molecule has 5 nitrogen and oxygen atoms in total. The highest BCUT2D eigenvalue weighted by atomic mass is 35.5. The van der Waals surface area contributed by atoms with Crippen LogP contribution < -0.4 is 15.4 Å². The van der Waals surface area contributed by atoms with Crippen molar-refractivity contribution >= 4 is 40.7 Å². The van der Waals surface area contributed by atoms with Gasteiger partial charge in [0.15, 0.2) is 0 Å². The van der Waals surface area contributed by atoms with Gasteiger partial charge in [0.2, 0.25) is 5.91 Å². The minimum absolute atomic E-state index is 0.133. The molecule has 0 aromatic heterocycles. The Morgan fingerprint density at radius 1 is 0.828 bits per heavy atom. The van der Waals surface area contributed by atoms with Gasteiger partial charge in [0.05, 0.1) is 15.6 Å². The van der Waals surface area contributed by atoms with Crippen molar-refractivity contribution in [2.24, 2.45) is 0 Å². The van der Waals surface area contributed by atoms with E-state index in [-0.39, 0.29) is 24.8 Å². The highest BCUT2D eigenvalue weighted by molar-refractivity contribution is 6.33. The summed E-state index contributed by atoms with van der Waals surface area (Å²) in [6, 6.07) is 20.8. The van der Waals surface area contributed by atoms with Crippen LogP contribution in [0.2, 0.25) is 10.0 Å². The number of amides is 2. The van der Waals surface area contributed by atoms with Gasteiger partial charge in [0.25, 0.3) is 5.91 Å². The van der Waals surface area contributed by atoms with E-state index in [2.05, 4.69) is 10.6 Å². The van der Waals surface area contributed by atoms with Crippen LogP contribution in [0, 0.1) is 0 Å². The molecule has 0 heterocycles. The van der Waals surface area contributed by atoms with Gasteiger partial charge in [-0.1, -0.05) is 47.5 Å². The second kappa shape index (κ2) is 9.96. The fraction of sp³-hybridized carbons (Fsp3) is 0.0909. The Labute approximate surface area is 178 Å². The standard InChI is InChI=1S/C22H18Cl2N2O3/c23-18-6-2-1-5-17(18)22(28)25-14-13-21(27)26-15-9-11-16(12-10-15)29-20-8-4-3-7-19(20)24/h1-12H,13-14H2,(H,25,28)(H,26,27). The summed E-state index contributed by atoms with van der Waals surface area (Å²) in [4.78, 5) is 24.1. The van der Waals surface area contributed by atoms with E-state index in [9.17, 15) is 9.59 Å². The number of halogens is 2. The van der Waals surface area contributed by atoms with Crippen LogP contribution in [-0.2, 0) is 4.79 Å². The average Bonchev–Trinajstić information content (AvgIpc) is 2.71. The largest absolute Gasteiger partial charge is 0.456 e. The lowest BCUT2D eigenvalue weighted by Crippen LogP contribution is -2.27. The number of hydrogen-bond donors (Lipinski definition) is 2. The third-order valence-electron chi connectivity index (χ3n) is 3.96. The van der Waals surface area contributed by atoms with Crippen molar-refractivity contribution < 1.29 is 14.3 Å². The molecule has 2 amide bonds. The lowest BCUT2D eigenvalue weighted by atomic mass is 10.2. The summed E-state index contributed by atoms with van der Waals surface area (Å²) in [5.74, 6) is 0.622. The van der Waals surface area contributed by atoms with E-state index < -0.39 is 0 Å². The third kappa shape index (κ3) is 5.98. The van der Waals surface area contributed by atoms with Crippen LogP contribution in [-0.4, -0.2) is 18.4 Å². The fourth-order valence-electron chi connectivity index (χ4n) is 2.51. The molecule has 148 valence electrons. The molecule has 3 aromatic carbocycles. The minimum Gasteiger partial charge on any atom is -0.456 e. The Kier molecular flexibility index (Phi) is 7.11. The zero-order valence-electron chi connectivity index (χ0n) is 15.3.